The van der Waals surface area contributed by atoms with E-state index in [4.69, 9.17) is 8.83 Å². The Balaban J connectivity index is 2.01. The van der Waals surface area contributed by atoms with Crippen molar-refractivity contribution in [3.63, 3.8) is 0 Å². The summed E-state index contributed by atoms with van der Waals surface area (Å²) in [4.78, 5) is 36.4. The van der Waals surface area contributed by atoms with Crippen molar-refractivity contribution in [1.82, 2.24) is 5.32 Å². The van der Waals surface area contributed by atoms with Crippen LogP contribution in [0.3, 0.4) is 0 Å². The Labute approximate surface area is 174 Å². The fourth-order valence-corrected chi connectivity index (χ4v) is 3.76. The van der Waals surface area contributed by atoms with Crippen LogP contribution >= 0.6 is 0 Å². The minimum absolute atomic E-state index is 0.212. The van der Waals surface area contributed by atoms with Crippen LogP contribution in [0.15, 0.2) is 19.7 Å². The van der Waals surface area contributed by atoms with Gasteiger partial charge in [0.1, 0.15) is 16.9 Å². The van der Waals surface area contributed by atoms with Crippen LogP contribution in [0.4, 0.5) is 0 Å². The smallest absolute Gasteiger partial charge is 0.340 e. The van der Waals surface area contributed by atoms with Gasteiger partial charge in [0.05, 0.1) is 24.0 Å². The number of furan rings is 1. The fourth-order valence-electron chi connectivity index (χ4n) is 3.76. The van der Waals surface area contributed by atoms with Crippen LogP contribution in [0, 0.1) is 27.7 Å². The SMILES string of the molecule is CCCC[C@H](NC(=O)Cc1c(C)c2cc3c(C)c(C)oc3c(C)c2oc1=O)C(=O)[O-]. The van der Waals surface area contributed by atoms with E-state index < -0.39 is 23.5 Å². The molecular weight excluding hydrogens is 386 g/mol. The molecule has 2 heterocycles. The Hall–Kier alpha value is -3.09. The second-order valence-corrected chi connectivity index (χ2v) is 7.79. The number of carbonyl (C=O) groups is 2. The third-order valence-electron chi connectivity index (χ3n) is 5.75. The predicted octanol–water partition coefficient (Wildman–Crippen LogP) is 2.74. The molecule has 0 aliphatic rings. The van der Waals surface area contributed by atoms with Gasteiger partial charge in [-0.1, -0.05) is 19.8 Å². The maximum Gasteiger partial charge on any atom is 0.340 e. The van der Waals surface area contributed by atoms with Gasteiger partial charge in [-0.3, -0.25) is 4.79 Å². The van der Waals surface area contributed by atoms with Crippen molar-refractivity contribution >= 4 is 33.8 Å². The number of hydrogen-bond donors (Lipinski definition) is 1. The highest BCUT2D eigenvalue weighted by molar-refractivity contribution is 6.00. The Bertz CT molecular complexity index is 1200. The molecule has 0 aliphatic heterocycles. The van der Waals surface area contributed by atoms with Gasteiger partial charge >= 0.3 is 5.63 Å². The molecule has 0 fully saturated rings. The summed E-state index contributed by atoms with van der Waals surface area (Å²) < 4.78 is 11.4. The van der Waals surface area contributed by atoms with E-state index in [-0.39, 0.29) is 18.4 Å². The molecule has 1 aromatic carbocycles. The summed E-state index contributed by atoms with van der Waals surface area (Å²) in [5.74, 6) is -1.09. The molecule has 3 rings (SSSR count). The average molecular weight is 412 g/mol. The van der Waals surface area contributed by atoms with Gasteiger partial charge in [0.2, 0.25) is 5.91 Å². The number of nitrogens with one attached hydrogen (secondary N) is 1. The summed E-state index contributed by atoms with van der Waals surface area (Å²) >= 11 is 0. The largest absolute Gasteiger partial charge is 0.548 e. The Morgan fingerprint density at radius 3 is 2.30 bits per heavy atom. The zero-order chi connectivity index (χ0) is 22.2. The number of fused-ring (bicyclic) bond motifs is 2. The first-order valence-corrected chi connectivity index (χ1v) is 10.1. The van der Waals surface area contributed by atoms with E-state index in [0.29, 0.717) is 23.2 Å². The zero-order valence-electron chi connectivity index (χ0n) is 17.9. The molecule has 160 valence electrons. The first-order chi connectivity index (χ1) is 14.1. The number of benzene rings is 1. The molecule has 7 heteroatoms. The van der Waals surface area contributed by atoms with Crippen LogP contribution in [0.1, 0.15) is 54.2 Å². The number of unbranched alkanes of at least 4 members (excludes halogenated alkanes) is 1. The molecule has 1 N–H and O–H groups in total. The minimum atomic E-state index is -1.33. The quantitative estimate of drug-likeness (QED) is 0.597. The zero-order valence-corrected chi connectivity index (χ0v) is 17.9. The molecule has 2 aromatic heterocycles. The lowest BCUT2D eigenvalue weighted by atomic mass is 9.98. The Morgan fingerprint density at radius 2 is 1.67 bits per heavy atom. The van der Waals surface area contributed by atoms with Gasteiger partial charge in [-0.25, -0.2) is 4.79 Å². The number of carboxylic acids is 1. The summed E-state index contributed by atoms with van der Waals surface area (Å²) in [7, 11) is 0. The highest BCUT2D eigenvalue weighted by Gasteiger charge is 2.21. The summed E-state index contributed by atoms with van der Waals surface area (Å²) in [6, 6.07) is 0.831. The number of carboxylic acid groups (broad SMARTS) is 1. The summed E-state index contributed by atoms with van der Waals surface area (Å²) in [5.41, 5.74) is 3.08. The van der Waals surface area contributed by atoms with E-state index in [9.17, 15) is 19.5 Å². The van der Waals surface area contributed by atoms with Crippen molar-refractivity contribution in [2.45, 2.75) is 66.3 Å². The summed E-state index contributed by atoms with van der Waals surface area (Å²) in [6.07, 6.45) is 1.47. The maximum atomic E-state index is 12.6. The number of carbonyl (C=O) groups excluding carboxylic acids is 2. The number of hydrogen-bond acceptors (Lipinski definition) is 6. The highest BCUT2D eigenvalue weighted by Crippen LogP contribution is 2.34. The van der Waals surface area contributed by atoms with Gasteiger partial charge < -0.3 is 24.1 Å². The Kier molecular flexibility index (Phi) is 6.01. The number of aryl methyl sites for hydroxylation is 4. The van der Waals surface area contributed by atoms with E-state index in [1.807, 2.05) is 33.8 Å². The summed E-state index contributed by atoms with van der Waals surface area (Å²) in [5, 5.41) is 15.4. The molecule has 0 unspecified atom stereocenters. The molecule has 0 saturated carbocycles. The van der Waals surface area contributed by atoms with Gasteiger partial charge in [-0.2, -0.15) is 0 Å². The van der Waals surface area contributed by atoms with Crippen molar-refractivity contribution in [2.24, 2.45) is 0 Å². The van der Waals surface area contributed by atoms with Crippen LogP contribution in [0.5, 0.6) is 0 Å². The number of rotatable bonds is 7. The standard InChI is InChI=1S/C23H27NO6/c1-6-7-8-18(22(26)27)24-19(25)10-17-12(3)16-9-15-11(2)14(5)29-20(15)13(4)21(16)30-23(17)28/h9,18H,6-8,10H2,1-5H3,(H,24,25)(H,26,27)/p-1/t18-/m0/s1. The average Bonchev–Trinajstić information content (AvgIpc) is 2.98. The van der Waals surface area contributed by atoms with Crippen molar-refractivity contribution in [2.75, 3.05) is 0 Å². The molecule has 3 aromatic rings. The number of amides is 1. The van der Waals surface area contributed by atoms with E-state index >= 15 is 0 Å². The van der Waals surface area contributed by atoms with Gasteiger partial charge in [0.15, 0.2) is 0 Å². The van der Waals surface area contributed by atoms with Gasteiger partial charge in [0.25, 0.3) is 0 Å². The lowest BCUT2D eigenvalue weighted by Gasteiger charge is -2.19. The minimum Gasteiger partial charge on any atom is -0.548 e. The molecule has 7 nitrogen and oxygen atoms in total. The molecule has 0 bridgehead atoms. The van der Waals surface area contributed by atoms with Crippen LogP contribution in [0.25, 0.3) is 21.9 Å². The van der Waals surface area contributed by atoms with E-state index in [1.54, 1.807) is 6.92 Å². The molecule has 0 saturated heterocycles. The highest BCUT2D eigenvalue weighted by atomic mass is 16.4. The second-order valence-electron chi connectivity index (χ2n) is 7.79. The van der Waals surface area contributed by atoms with E-state index in [0.717, 1.165) is 34.1 Å². The third-order valence-corrected chi connectivity index (χ3v) is 5.75. The lowest BCUT2D eigenvalue weighted by molar-refractivity contribution is -0.308. The van der Waals surface area contributed by atoms with E-state index in [1.165, 1.54) is 0 Å². The normalized spacial score (nSPS) is 12.4. The van der Waals surface area contributed by atoms with Crippen molar-refractivity contribution < 1.29 is 23.5 Å². The van der Waals surface area contributed by atoms with Crippen LogP contribution in [0.2, 0.25) is 0 Å². The van der Waals surface area contributed by atoms with Crippen LogP contribution in [-0.2, 0) is 16.0 Å². The molecule has 1 atom stereocenters. The molecule has 0 radical (unpaired) electrons. The van der Waals surface area contributed by atoms with Crippen molar-refractivity contribution in [3.05, 3.63) is 44.5 Å². The first kappa shape index (κ1) is 21.6. The van der Waals surface area contributed by atoms with Gasteiger partial charge in [0, 0.05) is 16.3 Å². The molecule has 1 amide bonds. The second kappa shape index (κ2) is 8.34. The van der Waals surface area contributed by atoms with Crippen molar-refractivity contribution in [1.29, 1.82) is 0 Å². The molecule has 0 spiro atoms. The first-order valence-electron chi connectivity index (χ1n) is 10.1. The maximum absolute atomic E-state index is 12.6. The monoisotopic (exact) mass is 412 g/mol. The van der Waals surface area contributed by atoms with E-state index in [2.05, 4.69) is 5.32 Å². The third kappa shape index (κ3) is 3.84. The van der Waals surface area contributed by atoms with Crippen molar-refractivity contribution in [3.8, 4) is 0 Å². The van der Waals surface area contributed by atoms with Gasteiger partial charge in [-0.05, 0) is 51.3 Å². The molecular formula is C23H26NO6-. The topological polar surface area (TPSA) is 113 Å². The lowest BCUT2D eigenvalue weighted by Crippen LogP contribution is -2.48. The van der Waals surface area contributed by atoms with Gasteiger partial charge in [-0.15, -0.1) is 0 Å². The fraction of sp³-hybridized carbons (Fsp3) is 0.435. The van der Waals surface area contributed by atoms with Crippen LogP contribution in [-0.4, -0.2) is 17.9 Å². The Morgan fingerprint density at radius 1 is 1.03 bits per heavy atom. The van der Waals surface area contributed by atoms with Crippen LogP contribution < -0.4 is 16.0 Å². The number of aliphatic carboxylic acids is 1. The molecule has 30 heavy (non-hydrogen) atoms. The summed E-state index contributed by atoms with van der Waals surface area (Å²) in [6.45, 7) is 9.37. The molecule has 0 aliphatic carbocycles. The predicted molar refractivity (Wildman–Crippen MR) is 111 cm³/mol.